The number of aromatic nitrogens is 2. The summed E-state index contributed by atoms with van der Waals surface area (Å²) in [7, 11) is 3.37. The summed E-state index contributed by atoms with van der Waals surface area (Å²) >= 11 is 0. The predicted molar refractivity (Wildman–Crippen MR) is 191 cm³/mol. The van der Waals surface area contributed by atoms with E-state index in [2.05, 4.69) is 15.0 Å². The molecule has 0 aliphatic rings. The average Bonchev–Trinajstić information content (AvgIpc) is 3.80. The molecule has 0 saturated heterocycles. The van der Waals surface area contributed by atoms with E-state index in [9.17, 15) is 16.8 Å². The lowest BCUT2D eigenvalue weighted by Crippen LogP contribution is -2.12. The molecule has 0 aliphatic heterocycles. The van der Waals surface area contributed by atoms with Crippen LogP contribution in [-0.2, 0) is 19.1 Å². The second kappa shape index (κ2) is 17.3. The first kappa shape index (κ1) is 38.1. The Balaban J connectivity index is 0.000000189. The lowest BCUT2D eigenvalue weighted by Gasteiger charge is -2.10. The van der Waals surface area contributed by atoms with Crippen molar-refractivity contribution >= 4 is 41.5 Å². The Kier molecular flexibility index (Phi) is 12.9. The molecule has 4 aromatic carbocycles. The molecule has 2 aromatic heterocycles. The van der Waals surface area contributed by atoms with Crippen molar-refractivity contribution in [3.8, 4) is 45.5 Å². The van der Waals surface area contributed by atoms with E-state index in [0.29, 0.717) is 34.6 Å². The highest BCUT2D eigenvalue weighted by atomic mass is 35.7. The molecule has 51 heavy (non-hydrogen) atoms. The minimum Gasteiger partial charge on any atom is -0.493 e. The number of benzene rings is 4. The van der Waals surface area contributed by atoms with Gasteiger partial charge in [-0.3, -0.25) is 0 Å². The molecule has 2 heterocycles. The van der Waals surface area contributed by atoms with Crippen molar-refractivity contribution in [1.29, 1.82) is 0 Å². The molecule has 0 bridgehead atoms. The molecular formula is C34H33ClN4O10S2. The van der Waals surface area contributed by atoms with Crippen LogP contribution in [0, 0.1) is 0 Å². The Morgan fingerprint density at radius 3 is 1.49 bits per heavy atom. The first-order valence-corrected chi connectivity index (χ1v) is 18.4. The van der Waals surface area contributed by atoms with E-state index in [1.54, 1.807) is 6.07 Å². The summed E-state index contributed by atoms with van der Waals surface area (Å²) in [6, 6.07) is 30.7. The molecule has 0 spiro atoms. The summed E-state index contributed by atoms with van der Waals surface area (Å²) in [5.74, 6) is 1.90. The molecule has 0 unspecified atom stereocenters. The number of methoxy groups -OCH3 is 4. The molecule has 0 saturated carbocycles. The number of sulfonamides is 1. The second-order valence-electron chi connectivity index (χ2n) is 10.00. The zero-order chi connectivity index (χ0) is 37.0. The summed E-state index contributed by atoms with van der Waals surface area (Å²) in [5, 5.41) is 7.66. The van der Waals surface area contributed by atoms with E-state index < -0.39 is 19.1 Å². The average molecular weight is 757 g/mol. The number of anilines is 2. The molecular weight excluding hydrogens is 724 g/mol. The quantitative estimate of drug-likeness (QED) is 0.140. The van der Waals surface area contributed by atoms with Crippen molar-refractivity contribution in [2.45, 2.75) is 9.79 Å². The second-order valence-corrected chi connectivity index (χ2v) is 14.2. The van der Waals surface area contributed by atoms with Gasteiger partial charge in [0.15, 0.2) is 23.0 Å². The fourth-order valence-electron chi connectivity index (χ4n) is 4.25. The van der Waals surface area contributed by atoms with Crippen molar-refractivity contribution in [3.63, 3.8) is 0 Å². The van der Waals surface area contributed by atoms with Gasteiger partial charge in [-0.2, -0.15) is 0 Å². The number of nitrogens with one attached hydrogen (secondary N) is 1. The molecule has 6 aromatic rings. The summed E-state index contributed by atoms with van der Waals surface area (Å²) in [6.07, 6.45) is 0. The molecule has 0 radical (unpaired) electrons. The molecule has 17 heteroatoms. The van der Waals surface area contributed by atoms with Crippen LogP contribution in [0.3, 0.4) is 0 Å². The van der Waals surface area contributed by atoms with Crippen LogP contribution in [0.15, 0.2) is 128 Å². The highest BCUT2D eigenvalue weighted by molar-refractivity contribution is 8.13. The molecule has 268 valence electrons. The zero-order valence-electron chi connectivity index (χ0n) is 27.6. The lowest BCUT2D eigenvalue weighted by atomic mass is 10.2. The van der Waals surface area contributed by atoms with Crippen LogP contribution < -0.4 is 29.4 Å². The fourth-order valence-corrected chi connectivity index (χ4v) is 6.00. The number of hydrogen-bond donors (Lipinski definition) is 2. The molecule has 0 atom stereocenters. The first-order chi connectivity index (χ1) is 24.4. The van der Waals surface area contributed by atoms with Crippen LogP contribution in [0.1, 0.15) is 0 Å². The van der Waals surface area contributed by atoms with Gasteiger partial charge in [-0.25, -0.2) is 21.6 Å². The Hall–Kier alpha value is -5.71. The Bertz CT molecular complexity index is 2250. The predicted octanol–water partition coefficient (Wildman–Crippen LogP) is 6.71. The maximum Gasteiger partial charge on any atom is 0.264 e. The third kappa shape index (κ3) is 10.4. The Morgan fingerprint density at radius 2 is 1.04 bits per heavy atom. The molecule has 0 fully saturated rings. The SMILES string of the molecule is COc1ccc(S(=O)(=O)Cl)cc1OC.COc1ccc(S(=O)(=O)Nc2cc(-c3ccccc3)no2)cc1OC.Nc1cc(-c2ccccc2)no1. The number of halogens is 1. The van der Waals surface area contributed by atoms with E-state index in [-0.39, 0.29) is 15.7 Å². The van der Waals surface area contributed by atoms with Crippen molar-refractivity contribution in [2.75, 3.05) is 38.9 Å². The number of ether oxygens (including phenoxy) is 4. The third-order valence-electron chi connectivity index (χ3n) is 6.71. The van der Waals surface area contributed by atoms with Crippen LogP contribution in [0.25, 0.3) is 22.5 Å². The van der Waals surface area contributed by atoms with E-state index in [1.165, 1.54) is 70.9 Å². The fraction of sp³-hybridized carbons (Fsp3) is 0.118. The molecule has 0 amide bonds. The largest absolute Gasteiger partial charge is 0.493 e. The van der Waals surface area contributed by atoms with Crippen molar-refractivity contribution in [3.05, 3.63) is 109 Å². The summed E-state index contributed by atoms with van der Waals surface area (Å²) in [5.41, 5.74) is 8.53. The van der Waals surface area contributed by atoms with Crippen LogP contribution in [0.5, 0.6) is 23.0 Å². The topological polar surface area (TPSA) is 195 Å². The number of nitrogens with two attached hydrogens (primary N) is 1. The van der Waals surface area contributed by atoms with Gasteiger partial charge >= 0.3 is 0 Å². The Labute approximate surface area is 299 Å². The standard InChI is InChI=1S/C17H16N2O5S.C9H8N2O.C8H9ClO4S/c1-22-15-9-8-13(10-16(15)23-2)25(20,21)19-17-11-14(18-24-17)12-6-4-3-5-7-12;10-9-6-8(11-12-9)7-4-2-1-3-5-7;1-12-7-4-3-6(14(9,10)11)5-8(7)13-2/h3-11,19H,1-2H3;1-6H,10H2;3-5H,1-2H3. The molecule has 6 rings (SSSR count). The van der Waals surface area contributed by atoms with Gasteiger partial charge < -0.3 is 33.7 Å². The minimum absolute atomic E-state index is 0.0165. The van der Waals surface area contributed by atoms with Crippen molar-refractivity contribution in [2.24, 2.45) is 0 Å². The van der Waals surface area contributed by atoms with Gasteiger partial charge in [0.05, 0.1) is 38.2 Å². The van der Waals surface area contributed by atoms with Crippen molar-refractivity contribution in [1.82, 2.24) is 10.3 Å². The van der Waals surface area contributed by atoms with Gasteiger partial charge in [0.25, 0.3) is 19.1 Å². The van der Waals surface area contributed by atoms with Crippen LogP contribution in [-0.4, -0.2) is 55.6 Å². The van der Waals surface area contributed by atoms with E-state index in [0.717, 1.165) is 16.8 Å². The van der Waals surface area contributed by atoms with Gasteiger partial charge in [-0.15, -0.1) is 0 Å². The lowest BCUT2D eigenvalue weighted by molar-refractivity contribution is 0.354. The smallest absolute Gasteiger partial charge is 0.264 e. The van der Waals surface area contributed by atoms with Gasteiger partial charge in [0.1, 0.15) is 11.4 Å². The number of hydrogen-bond acceptors (Lipinski definition) is 13. The number of rotatable bonds is 10. The van der Waals surface area contributed by atoms with Crippen molar-refractivity contribution < 1.29 is 44.8 Å². The van der Waals surface area contributed by atoms with E-state index >= 15 is 0 Å². The normalized spacial score (nSPS) is 10.8. The van der Waals surface area contributed by atoms with Gasteiger partial charge in [0, 0.05) is 46.1 Å². The van der Waals surface area contributed by atoms with E-state index in [4.69, 9.17) is 44.4 Å². The summed E-state index contributed by atoms with van der Waals surface area (Å²) in [4.78, 5) is -0.000345. The van der Waals surface area contributed by atoms with Crippen LogP contribution >= 0.6 is 10.7 Å². The van der Waals surface area contributed by atoms with E-state index in [1.807, 2.05) is 60.7 Å². The zero-order valence-corrected chi connectivity index (χ0v) is 30.0. The Morgan fingerprint density at radius 1 is 0.588 bits per heavy atom. The van der Waals surface area contributed by atoms with Gasteiger partial charge in [-0.05, 0) is 24.3 Å². The van der Waals surface area contributed by atoms with Gasteiger partial charge in [-0.1, -0.05) is 71.0 Å². The maximum atomic E-state index is 12.5. The minimum atomic E-state index is -3.86. The first-order valence-electron chi connectivity index (χ1n) is 14.6. The van der Waals surface area contributed by atoms with Crippen LogP contribution in [0.2, 0.25) is 0 Å². The summed E-state index contributed by atoms with van der Waals surface area (Å²) < 4.78 is 79.3. The van der Waals surface area contributed by atoms with Gasteiger partial charge in [0.2, 0.25) is 11.8 Å². The molecule has 3 N–H and O–H groups in total. The maximum absolute atomic E-state index is 12.5. The highest BCUT2D eigenvalue weighted by Gasteiger charge is 2.20. The monoisotopic (exact) mass is 756 g/mol. The number of nitrogen functional groups attached to an aromatic ring is 1. The highest BCUT2D eigenvalue weighted by Crippen LogP contribution is 2.32. The number of nitrogens with zero attached hydrogens (tertiary/aromatic N) is 2. The molecule has 0 aliphatic carbocycles. The van der Waals surface area contributed by atoms with Crippen LogP contribution in [0.4, 0.5) is 11.8 Å². The summed E-state index contributed by atoms with van der Waals surface area (Å²) in [6.45, 7) is 0. The molecule has 14 nitrogen and oxygen atoms in total. The third-order valence-corrected chi connectivity index (χ3v) is 9.41.